The number of benzene rings is 1. The number of rotatable bonds is 4. The van der Waals surface area contributed by atoms with Crippen LogP contribution in [0.25, 0.3) is 0 Å². The van der Waals surface area contributed by atoms with E-state index in [2.05, 4.69) is 5.32 Å². The first-order chi connectivity index (χ1) is 11.5. The topological polar surface area (TPSA) is 69.6 Å². The molecule has 1 heterocycles. The molecular formula is C17H21F3N2O3. The molecule has 2 unspecified atom stereocenters. The Morgan fingerprint density at radius 2 is 1.92 bits per heavy atom. The second-order valence-electron chi connectivity index (χ2n) is 6.74. The fourth-order valence-corrected chi connectivity index (χ4v) is 2.78. The summed E-state index contributed by atoms with van der Waals surface area (Å²) in [6.45, 7) is 4.16. The molecule has 2 rings (SSSR count). The molecule has 0 saturated carbocycles. The Bertz CT molecular complexity index is 646. The molecule has 2 amide bonds. The molecule has 5 nitrogen and oxygen atoms in total. The summed E-state index contributed by atoms with van der Waals surface area (Å²) in [6, 6.07) is 4.48. The molecule has 0 aromatic heterocycles. The van der Waals surface area contributed by atoms with Crippen LogP contribution in [0.4, 0.5) is 18.0 Å². The average Bonchev–Trinajstić information content (AvgIpc) is 2.95. The molecule has 0 bridgehead atoms. The van der Waals surface area contributed by atoms with Crippen molar-refractivity contribution < 1.29 is 27.9 Å². The highest BCUT2D eigenvalue weighted by Gasteiger charge is 2.42. The number of alkyl halides is 3. The number of nitrogens with one attached hydrogen (secondary N) is 1. The van der Waals surface area contributed by atoms with E-state index in [1.165, 1.54) is 17.0 Å². The second-order valence-corrected chi connectivity index (χ2v) is 6.74. The summed E-state index contributed by atoms with van der Waals surface area (Å²) < 4.78 is 37.7. The van der Waals surface area contributed by atoms with E-state index in [9.17, 15) is 27.9 Å². The zero-order chi connectivity index (χ0) is 18.8. The van der Waals surface area contributed by atoms with Gasteiger partial charge >= 0.3 is 18.2 Å². The number of nitrogens with zero attached hydrogens (tertiary/aromatic N) is 1. The van der Waals surface area contributed by atoms with Crippen molar-refractivity contribution in [1.82, 2.24) is 10.2 Å². The quantitative estimate of drug-likeness (QED) is 0.868. The number of amides is 2. The van der Waals surface area contributed by atoms with E-state index in [4.69, 9.17) is 0 Å². The zero-order valence-electron chi connectivity index (χ0n) is 14.1. The van der Waals surface area contributed by atoms with Crippen molar-refractivity contribution in [3.05, 3.63) is 35.4 Å². The van der Waals surface area contributed by atoms with Crippen LogP contribution in [0.3, 0.4) is 0 Å². The van der Waals surface area contributed by atoms with E-state index in [1.54, 1.807) is 13.8 Å². The van der Waals surface area contributed by atoms with Crippen LogP contribution < -0.4 is 5.32 Å². The summed E-state index contributed by atoms with van der Waals surface area (Å²) in [5, 5.41) is 11.9. The molecule has 1 fully saturated rings. The first-order valence-corrected chi connectivity index (χ1v) is 7.96. The van der Waals surface area contributed by atoms with E-state index >= 15 is 0 Å². The SMILES string of the molecule is CC(CNC(=O)N1CCC(C)(C(=O)O)C1)c1ccc(C(F)(F)F)cc1. The Morgan fingerprint density at radius 1 is 1.32 bits per heavy atom. The monoisotopic (exact) mass is 358 g/mol. The minimum absolute atomic E-state index is 0.142. The number of aliphatic carboxylic acids is 1. The van der Waals surface area contributed by atoms with Gasteiger partial charge < -0.3 is 15.3 Å². The van der Waals surface area contributed by atoms with Crippen molar-refractivity contribution in [2.75, 3.05) is 19.6 Å². The molecule has 8 heteroatoms. The second kappa shape index (κ2) is 6.93. The maximum Gasteiger partial charge on any atom is 0.416 e. The van der Waals surface area contributed by atoms with Crippen LogP contribution >= 0.6 is 0 Å². The van der Waals surface area contributed by atoms with Gasteiger partial charge in [-0.1, -0.05) is 19.1 Å². The summed E-state index contributed by atoms with van der Waals surface area (Å²) in [4.78, 5) is 24.8. The molecule has 1 saturated heterocycles. The van der Waals surface area contributed by atoms with Crippen LogP contribution in [0.5, 0.6) is 0 Å². The highest BCUT2D eigenvalue weighted by atomic mass is 19.4. The van der Waals surface area contributed by atoms with Crippen LogP contribution in [0.15, 0.2) is 24.3 Å². The molecular weight excluding hydrogens is 337 g/mol. The third-order valence-corrected chi connectivity index (χ3v) is 4.64. The van der Waals surface area contributed by atoms with Gasteiger partial charge in [-0.3, -0.25) is 4.79 Å². The summed E-state index contributed by atoms with van der Waals surface area (Å²) in [5.74, 6) is -1.10. The van der Waals surface area contributed by atoms with E-state index < -0.39 is 23.1 Å². The number of carbonyl (C=O) groups is 2. The number of urea groups is 1. The number of likely N-dealkylation sites (tertiary alicyclic amines) is 1. The molecule has 1 aliphatic rings. The number of hydrogen-bond donors (Lipinski definition) is 2. The third kappa shape index (κ3) is 4.43. The maximum absolute atomic E-state index is 12.6. The van der Waals surface area contributed by atoms with Gasteiger partial charge in [-0.05, 0) is 37.0 Å². The van der Waals surface area contributed by atoms with Gasteiger partial charge in [0.15, 0.2) is 0 Å². The highest BCUT2D eigenvalue weighted by Crippen LogP contribution is 2.31. The number of halogens is 3. The van der Waals surface area contributed by atoms with Gasteiger partial charge in [-0.2, -0.15) is 13.2 Å². The Balaban J connectivity index is 1.89. The molecule has 25 heavy (non-hydrogen) atoms. The van der Waals surface area contributed by atoms with Crippen molar-refractivity contribution in [3.63, 3.8) is 0 Å². The van der Waals surface area contributed by atoms with E-state index in [0.717, 1.165) is 12.1 Å². The van der Waals surface area contributed by atoms with Gasteiger partial charge in [0.2, 0.25) is 0 Å². The van der Waals surface area contributed by atoms with E-state index in [0.29, 0.717) is 18.5 Å². The maximum atomic E-state index is 12.6. The summed E-state index contributed by atoms with van der Waals surface area (Å²) in [7, 11) is 0. The largest absolute Gasteiger partial charge is 0.481 e. The fraction of sp³-hybridized carbons (Fsp3) is 0.529. The van der Waals surface area contributed by atoms with Crippen LogP contribution in [-0.2, 0) is 11.0 Å². The van der Waals surface area contributed by atoms with Crippen LogP contribution in [0.1, 0.15) is 37.3 Å². The Hall–Kier alpha value is -2.25. The molecule has 138 valence electrons. The van der Waals surface area contributed by atoms with Crippen molar-refractivity contribution in [1.29, 1.82) is 0 Å². The number of hydrogen-bond acceptors (Lipinski definition) is 2. The first kappa shape index (κ1) is 19.1. The van der Waals surface area contributed by atoms with Gasteiger partial charge in [-0.15, -0.1) is 0 Å². The first-order valence-electron chi connectivity index (χ1n) is 7.96. The van der Waals surface area contributed by atoms with Crippen LogP contribution in [0, 0.1) is 5.41 Å². The predicted molar refractivity (Wildman–Crippen MR) is 85.2 cm³/mol. The lowest BCUT2D eigenvalue weighted by atomic mass is 9.90. The van der Waals surface area contributed by atoms with Gasteiger partial charge in [0.05, 0.1) is 11.0 Å². The van der Waals surface area contributed by atoms with E-state index in [-0.39, 0.29) is 25.0 Å². The van der Waals surface area contributed by atoms with Crippen LogP contribution in [-0.4, -0.2) is 41.6 Å². The number of carboxylic acids is 1. The Kier molecular flexibility index (Phi) is 5.29. The normalized spacial score (nSPS) is 21.9. The highest BCUT2D eigenvalue weighted by molar-refractivity contribution is 5.79. The fourth-order valence-electron chi connectivity index (χ4n) is 2.78. The zero-order valence-corrected chi connectivity index (χ0v) is 14.1. The van der Waals surface area contributed by atoms with Gasteiger partial charge in [0, 0.05) is 19.6 Å². The average molecular weight is 358 g/mol. The van der Waals surface area contributed by atoms with Crippen molar-refractivity contribution in [2.24, 2.45) is 5.41 Å². The lowest BCUT2D eigenvalue weighted by Gasteiger charge is -2.22. The summed E-state index contributed by atoms with van der Waals surface area (Å²) in [5.41, 5.74) is -0.960. The Labute approximate surface area is 143 Å². The minimum Gasteiger partial charge on any atom is -0.481 e. The smallest absolute Gasteiger partial charge is 0.416 e. The van der Waals surface area contributed by atoms with Gasteiger partial charge in [-0.25, -0.2) is 4.79 Å². The van der Waals surface area contributed by atoms with Gasteiger partial charge in [0.1, 0.15) is 0 Å². The molecule has 0 spiro atoms. The lowest BCUT2D eigenvalue weighted by Crippen LogP contribution is -2.42. The Morgan fingerprint density at radius 3 is 2.40 bits per heavy atom. The molecule has 0 aliphatic carbocycles. The minimum atomic E-state index is -4.37. The molecule has 2 N–H and O–H groups in total. The summed E-state index contributed by atoms with van der Waals surface area (Å²) in [6.07, 6.45) is -3.98. The number of carbonyl (C=O) groups excluding carboxylic acids is 1. The number of carboxylic acid groups (broad SMARTS) is 1. The van der Waals surface area contributed by atoms with Crippen molar-refractivity contribution in [3.8, 4) is 0 Å². The molecule has 1 aromatic carbocycles. The standard InChI is InChI=1S/C17H21F3N2O3/c1-11(12-3-5-13(6-4-12)17(18,19)20)9-21-15(25)22-8-7-16(2,10-22)14(23)24/h3-6,11H,7-10H2,1-2H3,(H,21,25)(H,23,24). The van der Waals surface area contributed by atoms with Crippen LogP contribution in [0.2, 0.25) is 0 Å². The molecule has 2 atom stereocenters. The molecule has 0 radical (unpaired) electrons. The third-order valence-electron chi connectivity index (χ3n) is 4.64. The summed E-state index contributed by atoms with van der Waals surface area (Å²) >= 11 is 0. The predicted octanol–water partition coefficient (Wildman–Crippen LogP) is 3.32. The molecule has 1 aliphatic heterocycles. The van der Waals surface area contributed by atoms with Gasteiger partial charge in [0.25, 0.3) is 0 Å². The molecule has 1 aromatic rings. The van der Waals surface area contributed by atoms with Crippen molar-refractivity contribution >= 4 is 12.0 Å². The van der Waals surface area contributed by atoms with E-state index in [1.807, 2.05) is 0 Å². The lowest BCUT2D eigenvalue weighted by molar-refractivity contribution is -0.147. The van der Waals surface area contributed by atoms with Crippen molar-refractivity contribution in [2.45, 2.75) is 32.4 Å².